The van der Waals surface area contributed by atoms with E-state index in [-0.39, 0.29) is 0 Å². The Morgan fingerprint density at radius 2 is 1.33 bits per heavy atom. The van der Waals surface area contributed by atoms with Crippen LogP contribution in [0, 0.1) is 0 Å². The molecule has 0 spiro atoms. The topological polar surface area (TPSA) is 58.2 Å². The standard InChI is InChI=1S/C16H9ClF6N2O2/c17-11-6-5-8(7-10(11)16(21,22)23)24-13(26)14(27)25-12-4-2-1-3-9(12)15(18,19)20/h1-7H,(H,24,26)(H,25,27). The fourth-order valence-corrected chi connectivity index (χ4v) is 2.25. The molecule has 11 heteroatoms. The quantitative estimate of drug-likeness (QED) is 0.543. The van der Waals surface area contributed by atoms with Crippen LogP contribution >= 0.6 is 11.6 Å². The van der Waals surface area contributed by atoms with Gasteiger partial charge in [0.05, 0.1) is 21.8 Å². The van der Waals surface area contributed by atoms with E-state index >= 15 is 0 Å². The molecule has 0 saturated heterocycles. The number of rotatable bonds is 2. The number of nitrogens with one attached hydrogen (secondary N) is 2. The average molecular weight is 411 g/mol. The summed E-state index contributed by atoms with van der Waals surface area (Å²) in [5, 5.41) is 3.02. The summed E-state index contributed by atoms with van der Waals surface area (Å²) in [4.78, 5) is 23.6. The van der Waals surface area contributed by atoms with Gasteiger partial charge in [0.2, 0.25) is 0 Å². The molecule has 0 aliphatic carbocycles. The maximum atomic E-state index is 12.9. The van der Waals surface area contributed by atoms with Crippen LogP contribution in [0.1, 0.15) is 11.1 Å². The van der Waals surface area contributed by atoms with Gasteiger partial charge < -0.3 is 10.6 Å². The lowest BCUT2D eigenvalue weighted by Crippen LogP contribution is -2.30. The number of carbonyl (C=O) groups is 2. The van der Waals surface area contributed by atoms with Crippen LogP contribution < -0.4 is 10.6 Å². The summed E-state index contributed by atoms with van der Waals surface area (Å²) in [5.41, 5.74) is -3.50. The number of amides is 2. The van der Waals surface area contributed by atoms with Crippen LogP contribution in [-0.2, 0) is 21.9 Å². The van der Waals surface area contributed by atoms with E-state index in [1.54, 1.807) is 5.32 Å². The number of para-hydroxylation sites is 1. The first kappa shape index (κ1) is 20.6. The molecule has 0 saturated carbocycles. The highest BCUT2D eigenvalue weighted by Gasteiger charge is 2.35. The van der Waals surface area contributed by atoms with Crippen molar-refractivity contribution >= 4 is 34.8 Å². The summed E-state index contributed by atoms with van der Waals surface area (Å²) < 4.78 is 77.0. The van der Waals surface area contributed by atoms with Gasteiger partial charge in [-0.3, -0.25) is 9.59 Å². The molecule has 0 aliphatic rings. The first-order valence-electron chi connectivity index (χ1n) is 7.05. The minimum Gasteiger partial charge on any atom is -0.318 e. The molecule has 2 N–H and O–H groups in total. The summed E-state index contributed by atoms with van der Waals surface area (Å²) in [6.07, 6.45) is -9.58. The van der Waals surface area contributed by atoms with Crippen molar-refractivity contribution < 1.29 is 35.9 Å². The van der Waals surface area contributed by atoms with Crippen LogP contribution in [0.5, 0.6) is 0 Å². The van der Waals surface area contributed by atoms with Gasteiger partial charge in [0, 0.05) is 5.69 Å². The number of halogens is 7. The zero-order valence-corrected chi connectivity index (χ0v) is 13.8. The summed E-state index contributed by atoms with van der Waals surface area (Å²) in [5.74, 6) is -2.95. The van der Waals surface area contributed by atoms with Crippen molar-refractivity contribution in [2.24, 2.45) is 0 Å². The number of carbonyl (C=O) groups excluding carboxylic acids is 2. The van der Waals surface area contributed by atoms with Gasteiger partial charge in [0.1, 0.15) is 0 Å². The van der Waals surface area contributed by atoms with Crippen molar-refractivity contribution in [1.82, 2.24) is 0 Å². The predicted molar refractivity (Wildman–Crippen MR) is 85.2 cm³/mol. The van der Waals surface area contributed by atoms with E-state index in [9.17, 15) is 35.9 Å². The van der Waals surface area contributed by atoms with Crippen LogP contribution in [0.2, 0.25) is 5.02 Å². The van der Waals surface area contributed by atoms with Gasteiger partial charge in [-0.2, -0.15) is 26.3 Å². The molecule has 0 radical (unpaired) electrons. The van der Waals surface area contributed by atoms with E-state index in [1.807, 2.05) is 5.32 Å². The number of benzene rings is 2. The Labute approximate surface area is 153 Å². The molecule has 0 aliphatic heterocycles. The lowest BCUT2D eigenvalue weighted by Gasteiger charge is -2.14. The monoisotopic (exact) mass is 410 g/mol. The van der Waals surface area contributed by atoms with Crippen molar-refractivity contribution in [2.75, 3.05) is 10.6 Å². The highest BCUT2D eigenvalue weighted by Crippen LogP contribution is 2.36. The molecule has 2 amide bonds. The van der Waals surface area contributed by atoms with Crippen molar-refractivity contribution in [1.29, 1.82) is 0 Å². The molecule has 0 unspecified atom stereocenters. The van der Waals surface area contributed by atoms with E-state index in [1.165, 1.54) is 6.07 Å². The fourth-order valence-electron chi connectivity index (χ4n) is 2.03. The van der Waals surface area contributed by atoms with Crippen LogP contribution in [0.3, 0.4) is 0 Å². The zero-order valence-electron chi connectivity index (χ0n) is 13.0. The Morgan fingerprint density at radius 3 is 1.93 bits per heavy atom. The van der Waals surface area contributed by atoms with Gasteiger partial charge >= 0.3 is 24.2 Å². The molecule has 4 nitrogen and oxygen atoms in total. The Hall–Kier alpha value is -2.75. The highest BCUT2D eigenvalue weighted by molar-refractivity contribution is 6.43. The second-order valence-corrected chi connectivity index (χ2v) is 5.55. The first-order chi connectivity index (χ1) is 12.4. The predicted octanol–water partition coefficient (Wildman–Crippen LogP) is 4.95. The van der Waals surface area contributed by atoms with Crippen molar-refractivity contribution in [2.45, 2.75) is 12.4 Å². The third-order valence-corrected chi connectivity index (χ3v) is 3.55. The lowest BCUT2D eigenvalue weighted by atomic mass is 10.1. The molecule has 2 aromatic carbocycles. The van der Waals surface area contributed by atoms with E-state index in [2.05, 4.69) is 0 Å². The lowest BCUT2D eigenvalue weighted by molar-refractivity contribution is -0.138. The Balaban J connectivity index is 2.18. The minimum atomic E-state index is -4.80. The second kappa shape index (κ2) is 7.47. The van der Waals surface area contributed by atoms with Crippen LogP contribution in [-0.4, -0.2) is 11.8 Å². The van der Waals surface area contributed by atoms with Crippen LogP contribution in [0.4, 0.5) is 37.7 Å². The molecule has 27 heavy (non-hydrogen) atoms. The maximum absolute atomic E-state index is 12.9. The van der Waals surface area contributed by atoms with Gasteiger partial charge in [-0.15, -0.1) is 0 Å². The van der Waals surface area contributed by atoms with E-state index in [4.69, 9.17) is 11.6 Å². The van der Waals surface area contributed by atoms with Gasteiger partial charge in [-0.25, -0.2) is 0 Å². The molecular weight excluding hydrogens is 402 g/mol. The normalized spacial score (nSPS) is 11.8. The van der Waals surface area contributed by atoms with E-state index in [0.29, 0.717) is 12.1 Å². The Bertz CT molecular complexity index is 880. The number of alkyl halides is 6. The summed E-state index contributed by atoms with van der Waals surface area (Å²) in [7, 11) is 0. The molecule has 0 fully saturated rings. The summed E-state index contributed by atoms with van der Waals surface area (Å²) in [6, 6.07) is 6.28. The highest BCUT2D eigenvalue weighted by atomic mass is 35.5. The van der Waals surface area contributed by atoms with Crippen LogP contribution in [0.15, 0.2) is 42.5 Å². The van der Waals surface area contributed by atoms with Crippen LogP contribution in [0.25, 0.3) is 0 Å². The molecular formula is C16H9ClF6N2O2. The van der Waals surface area contributed by atoms with Gasteiger partial charge in [0.25, 0.3) is 0 Å². The van der Waals surface area contributed by atoms with Gasteiger partial charge in [-0.1, -0.05) is 23.7 Å². The van der Waals surface area contributed by atoms with Crippen molar-refractivity contribution in [3.05, 3.63) is 58.6 Å². The minimum absolute atomic E-state index is 0.406. The van der Waals surface area contributed by atoms with Gasteiger partial charge in [0.15, 0.2) is 0 Å². The number of anilines is 2. The second-order valence-electron chi connectivity index (χ2n) is 5.14. The summed E-state index contributed by atoms with van der Waals surface area (Å²) >= 11 is 5.43. The van der Waals surface area contributed by atoms with E-state index in [0.717, 1.165) is 24.3 Å². The molecule has 0 atom stereocenters. The molecule has 144 valence electrons. The van der Waals surface area contributed by atoms with Gasteiger partial charge in [-0.05, 0) is 30.3 Å². The number of hydrogen-bond acceptors (Lipinski definition) is 2. The molecule has 0 aromatic heterocycles. The third-order valence-electron chi connectivity index (χ3n) is 3.22. The first-order valence-corrected chi connectivity index (χ1v) is 7.42. The smallest absolute Gasteiger partial charge is 0.318 e. The third kappa shape index (κ3) is 5.13. The van der Waals surface area contributed by atoms with Crippen molar-refractivity contribution in [3.63, 3.8) is 0 Å². The molecule has 0 bridgehead atoms. The van der Waals surface area contributed by atoms with Crippen molar-refractivity contribution in [3.8, 4) is 0 Å². The average Bonchev–Trinajstić information content (AvgIpc) is 2.55. The molecule has 2 aromatic rings. The number of hydrogen-bond donors (Lipinski definition) is 2. The summed E-state index contributed by atoms with van der Waals surface area (Å²) in [6.45, 7) is 0. The molecule has 0 heterocycles. The zero-order chi connectivity index (χ0) is 20.4. The molecule has 2 rings (SSSR count). The largest absolute Gasteiger partial charge is 0.418 e. The Morgan fingerprint density at radius 1 is 0.778 bits per heavy atom. The Kier molecular flexibility index (Phi) is 5.69. The fraction of sp³-hybridized carbons (Fsp3) is 0.125. The SMILES string of the molecule is O=C(Nc1ccc(Cl)c(C(F)(F)F)c1)C(=O)Nc1ccccc1C(F)(F)F. The maximum Gasteiger partial charge on any atom is 0.418 e. The van der Waals surface area contributed by atoms with E-state index < -0.39 is 51.7 Å².